The van der Waals surface area contributed by atoms with Gasteiger partial charge >= 0.3 is 0 Å². The zero-order valence-electron chi connectivity index (χ0n) is 15.5. The van der Waals surface area contributed by atoms with Gasteiger partial charge < -0.3 is 19.4 Å². The molecular formula is C21H25FN2O2. The summed E-state index contributed by atoms with van der Waals surface area (Å²) in [5, 5.41) is 4.02. The minimum absolute atomic E-state index is 0.316. The molecule has 1 aromatic heterocycles. The molecule has 0 radical (unpaired) electrons. The lowest BCUT2D eigenvalue weighted by Gasteiger charge is -2.11. The number of hydrogen-bond acceptors (Lipinski definition) is 3. The molecule has 0 amide bonds. The van der Waals surface area contributed by atoms with Gasteiger partial charge in [0.2, 0.25) is 0 Å². The molecule has 4 nitrogen and oxygen atoms in total. The molecule has 26 heavy (non-hydrogen) atoms. The molecule has 3 rings (SSSR count). The van der Waals surface area contributed by atoms with Crippen LogP contribution in [0.15, 0.2) is 42.6 Å². The first-order chi connectivity index (χ1) is 12.6. The van der Waals surface area contributed by atoms with E-state index in [4.69, 9.17) is 9.47 Å². The van der Waals surface area contributed by atoms with Gasteiger partial charge in [0.25, 0.3) is 0 Å². The lowest BCUT2D eigenvalue weighted by atomic mass is 10.1. The summed E-state index contributed by atoms with van der Waals surface area (Å²) < 4.78 is 27.6. The fourth-order valence-electron chi connectivity index (χ4n) is 3.17. The molecule has 0 saturated heterocycles. The summed E-state index contributed by atoms with van der Waals surface area (Å²) >= 11 is 0. The van der Waals surface area contributed by atoms with Crippen molar-refractivity contribution in [1.82, 2.24) is 9.88 Å². The first kappa shape index (κ1) is 18.3. The minimum Gasteiger partial charge on any atom is -0.497 e. The Morgan fingerprint density at radius 1 is 1.08 bits per heavy atom. The Kier molecular flexibility index (Phi) is 5.78. The molecular weight excluding hydrogens is 331 g/mol. The van der Waals surface area contributed by atoms with Crippen LogP contribution in [0.25, 0.3) is 10.9 Å². The van der Waals surface area contributed by atoms with Crippen LogP contribution in [-0.4, -0.2) is 31.9 Å². The number of halogens is 1. The Hall–Kier alpha value is -2.53. The Labute approximate surface area is 153 Å². The molecule has 3 aromatic rings. The molecule has 0 saturated carbocycles. The van der Waals surface area contributed by atoms with Gasteiger partial charge in [-0.25, -0.2) is 4.39 Å². The summed E-state index contributed by atoms with van der Waals surface area (Å²) in [5.41, 5.74) is 3.20. The van der Waals surface area contributed by atoms with Crippen LogP contribution >= 0.6 is 0 Å². The Balaban J connectivity index is 1.80. The minimum atomic E-state index is -0.316. The molecule has 1 N–H and O–H groups in total. The Bertz CT molecular complexity index is 872. The van der Waals surface area contributed by atoms with Gasteiger partial charge in [-0.15, -0.1) is 0 Å². The van der Waals surface area contributed by atoms with Crippen molar-refractivity contribution < 1.29 is 13.9 Å². The number of nitrogens with one attached hydrogen (secondary N) is 1. The van der Waals surface area contributed by atoms with Crippen molar-refractivity contribution in [2.24, 2.45) is 7.05 Å². The standard InChI is InChI=1S/C21H25FN2O2/c1-23-12-10-16-14-24(2)19-9-8-18(22)21(20(16)19)26-13-11-15-4-6-17(25-3)7-5-15/h4-9,14,23H,10-13H2,1-3H3. The second-order valence-corrected chi connectivity index (χ2v) is 6.34. The first-order valence-corrected chi connectivity index (χ1v) is 8.80. The molecule has 2 aromatic carbocycles. The van der Waals surface area contributed by atoms with Crippen molar-refractivity contribution in [1.29, 1.82) is 0 Å². The predicted molar refractivity (Wildman–Crippen MR) is 103 cm³/mol. The number of aromatic nitrogens is 1. The molecule has 0 atom stereocenters. The topological polar surface area (TPSA) is 35.4 Å². The lowest BCUT2D eigenvalue weighted by molar-refractivity contribution is 0.309. The van der Waals surface area contributed by atoms with Crippen LogP contribution in [0.5, 0.6) is 11.5 Å². The molecule has 0 aliphatic carbocycles. The van der Waals surface area contributed by atoms with Crippen molar-refractivity contribution >= 4 is 10.9 Å². The highest BCUT2D eigenvalue weighted by Gasteiger charge is 2.16. The van der Waals surface area contributed by atoms with E-state index in [2.05, 4.69) is 11.5 Å². The van der Waals surface area contributed by atoms with E-state index in [1.165, 1.54) is 6.07 Å². The largest absolute Gasteiger partial charge is 0.497 e. The monoisotopic (exact) mass is 356 g/mol. The zero-order chi connectivity index (χ0) is 18.5. The summed E-state index contributed by atoms with van der Waals surface area (Å²) in [6.07, 6.45) is 3.59. The summed E-state index contributed by atoms with van der Waals surface area (Å²) in [7, 11) is 5.54. The summed E-state index contributed by atoms with van der Waals surface area (Å²) in [5.74, 6) is 0.857. The molecule has 1 heterocycles. The first-order valence-electron chi connectivity index (χ1n) is 8.80. The van der Waals surface area contributed by atoms with Gasteiger partial charge in [-0.3, -0.25) is 0 Å². The van der Waals surface area contributed by atoms with Gasteiger partial charge in [-0.05, 0) is 55.4 Å². The van der Waals surface area contributed by atoms with E-state index in [9.17, 15) is 4.39 Å². The fourth-order valence-corrected chi connectivity index (χ4v) is 3.17. The molecule has 0 unspecified atom stereocenters. The highest BCUT2D eigenvalue weighted by molar-refractivity contribution is 5.90. The van der Waals surface area contributed by atoms with Crippen molar-refractivity contribution in [2.45, 2.75) is 12.8 Å². The molecule has 0 fully saturated rings. The summed E-state index contributed by atoms with van der Waals surface area (Å²) in [6.45, 7) is 1.25. The van der Waals surface area contributed by atoms with Gasteiger partial charge in [0.1, 0.15) is 5.75 Å². The number of methoxy groups -OCH3 is 1. The third kappa shape index (κ3) is 3.83. The van der Waals surface area contributed by atoms with E-state index < -0.39 is 0 Å². The third-order valence-electron chi connectivity index (χ3n) is 4.58. The average molecular weight is 356 g/mol. The second kappa shape index (κ2) is 8.23. The maximum Gasteiger partial charge on any atom is 0.165 e. The van der Waals surface area contributed by atoms with Gasteiger partial charge in [0.05, 0.1) is 19.2 Å². The van der Waals surface area contributed by atoms with Gasteiger partial charge in [0.15, 0.2) is 11.6 Å². The van der Waals surface area contributed by atoms with Crippen molar-refractivity contribution in [2.75, 3.05) is 27.3 Å². The molecule has 0 aliphatic rings. The molecule has 0 bridgehead atoms. The maximum absolute atomic E-state index is 14.5. The smallest absolute Gasteiger partial charge is 0.165 e. The van der Waals surface area contributed by atoms with Crippen LogP contribution in [0.4, 0.5) is 4.39 Å². The van der Waals surface area contributed by atoms with E-state index in [0.29, 0.717) is 18.8 Å². The van der Waals surface area contributed by atoms with E-state index >= 15 is 0 Å². The molecule has 0 spiro atoms. The van der Waals surface area contributed by atoms with E-state index in [1.54, 1.807) is 7.11 Å². The van der Waals surface area contributed by atoms with E-state index in [-0.39, 0.29) is 5.82 Å². The number of aryl methyl sites for hydroxylation is 1. The quantitative estimate of drug-likeness (QED) is 0.668. The molecule has 5 heteroatoms. The third-order valence-corrected chi connectivity index (χ3v) is 4.58. The number of benzene rings is 2. The lowest BCUT2D eigenvalue weighted by Crippen LogP contribution is -2.10. The molecule has 0 aliphatic heterocycles. The van der Waals surface area contributed by atoms with Gasteiger partial charge in [-0.2, -0.15) is 0 Å². The normalized spacial score (nSPS) is 11.1. The van der Waals surface area contributed by atoms with Crippen molar-refractivity contribution in [3.63, 3.8) is 0 Å². The van der Waals surface area contributed by atoms with Crippen LogP contribution in [0.1, 0.15) is 11.1 Å². The highest BCUT2D eigenvalue weighted by Crippen LogP contribution is 2.33. The number of nitrogens with zero attached hydrogens (tertiary/aromatic N) is 1. The number of ether oxygens (including phenoxy) is 2. The molecule has 138 valence electrons. The number of rotatable bonds is 8. The average Bonchev–Trinajstić information content (AvgIpc) is 2.98. The number of likely N-dealkylation sites (N-methyl/N-ethyl adjacent to an activating group) is 1. The Morgan fingerprint density at radius 3 is 2.54 bits per heavy atom. The second-order valence-electron chi connectivity index (χ2n) is 6.34. The van der Waals surface area contributed by atoms with Crippen molar-refractivity contribution in [3.05, 3.63) is 59.5 Å². The predicted octanol–water partition coefficient (Wildman–Crippen LogP) is 3.71. The van der Waals surface area contributed by atoms with Crippen LogP contribution in [0.3, 0.4) is 0 Å². The number of fused-ring (bicyclic) bond motifs is 1. The van der Waals surface area contributed by atoms with Crippen LogP contribution < -0.4 is 14.8 Å². The summed E-state index contributed by atoms with van der Waals surface area (Å²) in [4.78, 5) is 0. The van der Waals surface area contributed by atoms with E-state index in [1.807, 2.05) is 49.0 Å². The maximum atomic E-state index is 14.5. The number of hydrogen-bond donors (Lipinski definition) is 1. The van der Waals surface area contributed by atoms with Gasteiger partial charge in [-0.1, -0.05) is 12.1 Å². The zero-order valence-corrected chi connectivity index (χ0v) is 15.5. The highest BCUT2D eigenvalue weighted by atomic mass is 19.1. The van der Waals surface area contributed by atoms with E-state index in [0.717, 1.165) is 40.7 Å². The fraction of sp³-hybridized carbons (Fsp3) is 0.333. The van der Waals surface area contributed by atoms with Crippen LogP contribution in [0, 0.1) is 5.82 Å². The van der Waals surface area contributed by atoms with Crippen LogP contribution in [0.2, 0.25) is 0 Å². The van der Waals surface area contributed by atoms with Gasteiger partial charge in [0, 0.05) is 25.1 Å². The SMILES string of the molecule is CNCCc1cn(C)c2ccc(F)c(OCCc3ccc(OC)cc3)c12. The van der Waals surface area contributed by atoms with Crippen molar-refractivity contribution in [3.8, 4) is 11.5 Å². The Morgan fingerprint density at radius 2 is 1.85 bits per heavy atom. The summed E-state index contributed by atoms with van der Waals surface area (Å²) in [6, 6.07) is 11.1. The van der Waals surface area contributed by atoms with Crippen LogP contribution in [-0.2, 0) is 19.9 Å².